The molecule has 3 aromatic heterocycles. The number of hydrogen-bond donors (Lipinski definition) is 0. The van der Waals surface area contributed by atoms with E-state index in [2.05, 4.69) is 127 Å². The number of pyridine rings is 3. The topological polar surface area (TPSA) is 38.7 Å². The first kappa shape index (κ1) is 33.9. The van der Waals surface area contributed by atoms with Crippen molar-refractivity contribution in [2.75, 3.05) is 0 Å². The molecule has 3 nitrogen and oxygen atoms in total. The summed E-state index contributed by atoms with van der Waals surface area (Å²) < 4.78 is 0. The number of aryl methyl sites for hydroxylation is 6. The van der Waals surface area contributed by atoms with E-state index in [1.165, 1.54) is 33.4 Å². The van der Waals surface area contributed by atoms with E-state index in [9.17, 15) is 0 Å². The number of benzene rings is 4. The maximum atomic E-state index is 4.76. The van der Waals surface area contributed by atoms with Crippen LogP contribution in [0.1, 0.15) is 33.4 Å². The molecule has 4 aromatic carbocycles. The molecule has 0 atom stereocenters. The molecule has 0 fully saturated rings. The standard InChI is InChI=1S/C45H39N3.Ir/c1-4-10-40(11-5-1)43-25-22-34(31-46-43)16-19-37-28-38(20-17-35-23-26-44(47-32-35)41-12-6-2-7-13-41)30-39(29-37)21-18-36-24-27-45(48-33-36)42-14-8-3-9-15-42;/h1-15,22-33H,16-21H2;. The van der Waals surface area contributed by atoms with Crippen molar-refractivity contribution in [3.63, 3.8) is 0 Å². The Morgan fingerprint density at radius 2 is 0.551 bits per heavy atom. The van der Waals surface area contributed by atoms with E-state index in [0.29, 0.717) is 0 Å². The minimum Gasteiger partial charge on any atom is -0.256 e. The average molecular weight is 814 g/mol. The Morgan fingerprint density at radius 1 is 0.286 bits per heavy atom. The van der Waals surface area contributed by atoms with Crippen LogP contribution in [0.15, 0.2) is 164 Å². The molecule has 0 aliphatic heterocycles. The van der Waals surface area contributed by atoms with E-state index in [4.69, 9.17) is 15.0 Å². The van der Waals surface area contributed by atoms with E-state index in [1.54, 1.807) is 0 Å². The van der Waals surface area contributed by atoms with Crippen LogP contribution in [0.25, 0.3) is 33.8 Å². The van der Waals surface area contributed by atoms with Crippen molar-refractivity contribution < 1.29 is 20.1 Å². The van der Waals surface area contributed by atoms with Crippen molar-refractivity contribution in [1.82, 2.24) is 15.0 Å². The fourth-order valence-electron chi connectivity index (χ4n) is 6.19. The Labute approximate surface area is 303 Å². The Bertz CT molecular complexity index is 1770. The minimum atomic E-state index is 0. The molecule has 4 heteroatoms. The molecule has 3 heterocycles. The van der Waals surface area contributed by atoms with E-state index in [-0.39, 0.29) is 20.1 Å². The zero-order valence-electron chi connectivity index (χ0n) is 27.5. The number of aromatic nitrogens is 3. The van der Waals surface area contributed by atoms with Gasteiger partial charge in [-0.3, -0.25) is 15.0 Å². The van der Waals surface area contributed by atoms with Gasteiger partial charge >= 0.3 is 0 Å². The van der Waals surface area contributed by atoms with Gasteiger partial charge in [-0.15, -0.1) is 0 Å². The van der Waals surface area contributed by atoms with Gasteiger partial charge in [0, 0.05) is 55.4 Å². The summed E-state index contributed by atoms with van der Waals surface area (Å²) in [5.74, 6) is 0. The molecule has 0 spiro atoms. The van der Waals surface area contributed by atoms with Crippen LogP contribution in [0.4, 0.5) is 0 Å². The Hall–Kier alpha value is -5.02. The van der Waals surface area contributed by atoms with Gasteiger partial charge in [-0.2, -0.15) is 0 Å². The SMILES string of the molecule is [Ir].c1ccc(-c2ccc(CCc3cc(CCc4ccc(-c5ccccc5)nc4)cc(CCc4ccc(-c5ccccc5)nc4)c3)cn2)cc1. The van der Waals surface area contributed by atoms with Gasteiger partial charge in [0.25, 0.3) is 0 Å². The van der Waals surface area contributed by atoms with Crippen molar-refractivity contribution in [2.45, 2.75) is 38.5 Å². The van der Waals surface area contributed by atoms with Crippen molar-refractivity contribution >= 4 is 0 Å². The quantitative estimate of drug-likeness (QED) is 0.123. The van der Waals surface area contributed by atoms with Gasteiger partial charge in [-0.05, 0) is 90.1 Å². The summed E-state index contributed by atoms with van der Waals surface area (Å²) in [6, 6.07) is 51.4. The molecule has 7 rings (SSSR count). The zero-order chi connectivity index (χ0) is 32.4. The number of hydrogen-bond acceptors (Lipinski definition) is 3. The fourth-order valence-corrected chi connectivity index (χ4v) is 6.19. The van der Waals surface area contributed by atoms with E-state index >= 15 is 0 Å². The summed E-state index contributed by atoms with van der Waals surface area (Å²) in [7, 11) is 0. The molecule has 0 amide bonds. The molecule has 0 aliphatic rings. The molecular formula is C45H39IrN3. The van der Waals surface area contributed by atoms with Crippen molar-refractivity contribution in [1.29, 1.82) is 0 Å². The molecular weight excluding hydrogens is 775 g/mol. The molecule has 0 saturated heterocycles. The first-order chi connectivity index (χ1) is 23.7. The Morgan fingerprint density at radius 3 is 0.796 bits per heavy atom. The predicted octanol–water partition coefficient (Wildman–Crippen LogP) is 10.2. The van der Waals surface area contributed by atoms with Crippen LogP contribution in [-0.4, -0.2) is 15.0 Å². The normalized spacial score (nSPS) is 10.8. The van der Waals surface area contributed by atoms with E-state index in [1.807, 2.05) is 36.8 Å². The second-order valence-corrected chi connectivity index (χ2v) is 12.4. The van der Waals surface area contributed by atoms with Gasteiger partial charge in [-0.25, -0.2) is 0 Å². The molecule has 0 saturated carbocycles. The third-order valence-electron chi connectivity index (χ3n) is 8.90. The molecule has 0 unspecified atom stereocenters. The zero-order valence-corrected chi connectivity index (χ0v) is 29.9. The second-order valence-electron chi connectivity index (χ2n) is 12.4. The summed E-state index contributed by atoms with van der Waals surface area (Å²) in [5.41, 5.74) is 14.4. The fraction of sp³-hybridized carbons (Fsp3) is 0.133. The van der Waals surface area contributed by atoms with Gasteiger partial charge < -0.3 is 0 Å². The Balaban J connectivity index is 0.00000417. The summed E-state index contributed by atoms with van der Waals surface area (Å²) in [6.45, 7) is 0. The summed E-state index contributed by atoms with van der Waals surface area (Å²) >= 11 is 0. The molecule has 0 bridgehead atoms. The van der Waals surface area contributed by atoms with Gasteiger partial charge in [0.2, 0.25) is 0 Å². The first-order valence-electron chi connectivity index (χ1n) is 16.9. The largest absolute Gasteiger partial charge is 0.256 e. The van der Waals surface area contributed by atoms with Gasteiger partial charge in [0.1, 0.15) is 0 Å². The van der Waals surface area contributed by atoms with Crippen LogP contribution >= 0.6 is 0 Å². The summed E-state index contributed by atoms with van der Waals surface area (Å²) in [5, 5.41) is 0. The van der Waals surface area contributed by atoms with Gasteiger partial charge in [-0.1, -0.05) is 127 Å². The van der Waals surface area contributed by atoms with Gasteiger partial charge in [0.05, 0.1) is 17.1 Å². The smallest absolute Gasteiger partial charge is 0.0702 e. The summed E-state index contributed by atoms with van der Waals surface area (Å²) in [6.07, 6.45) is 11.9. The van der Waals surface area contributed by atoms with Crippen LogP contribution in [0.2, 0.25) is 0 Å². The minimum absolute atomic E-state index is 0. The van der Waals surface area contributed by atoms with Crippen LogP contribution < -0.4 is 0 Å². The third-order valence-corrected chi connectivity index (χ3v) is 8.90. The Kier molecular flexibility index (Phi) is 11.7. The second kappa shape index (κ2) is 16.9. The van der Waals surface area contributed by atoms with Crippen LogP contribution in [-0.2, 0) is 58.6 Å². The summed E-state index contributed by atoms with van der Waals surface area (Å²) in [4.78, 5) is 14.3. The molecule has 243 valence electrons. The molecule has 0 N–H and O–H groups in total. The molecule has 49 heavy (non-hydrogen) atoms. The average Bonchev–Trinajstić information content (AvgIpc) is 3.17. The van der Waals surface area contributed by atoms with E-state index in [0.717, 1.165) is 72.3 Å². The van der Waals surface area contributed by atoms with Crippen molar-refractivity contribution in [2.24, 2.45) is 0 Å². The van der Waals surface area contributed by atoms with Crippen LogP contribution in [0.5, 0.6) is 0 Å². The third kappa shape index (κ3) is 9.32. The van der Waals surface area contributed by atoms with E-state index < -0.39 is 0 Å². The van der Waals surface area contributed by atoms with Crippen molar-refractivity contribution in [3.05, 3.63) is 198 Å². The van der Waals surface area contributed by atoms with Crippen molar-refractivity contribution in [3.8, 4) is 33.8 Å². The first-order valence-corrected chi connectivity index (χ1v) is 16.9. The maximum Gasteiger partial charge on any atom is 0.0702 e. The number of nitrogens with zero attached hydrogens (tertiary/aromatic N) is 3. The monoisotopic (exact) mass is 814 g/mol. The molecule has 0 aliphatic carbocycles. The van der Waals surface area contributed by atoms with Gasteiger partial charge in [0.15, 0.2) is 0 Å². The number of rotatable bonds is 12. The molecule has 1 radical (unpaired) electrons. The maximum absolute atomic E-state index is 4.76. The van der Waals surface area contributed by atoms with Crippen LogP contribution in [0.3, 0.4) is 0 Å². The predicted molar refractivity (Wildman–Crippen MR) is 198 cm³/mol. The molecule has 7 aromatic rings. The van der Waals surface area contributed by atoms with Crippen LogP contribution in [0, 0.1) is 0 Å².